The Kier molecular flexibility index (Phi) is 42.3. The van der Waals surface area contributed by atoms with Crippen LogP contribution in [-0.4, -0.2) is 116 Å². The van der Waals surface area contributed by atoms with Crippen molar-refractivity contribution in [2.45, 2.75) is 172 Å². The third-order valence-electron chi connectivity index (χ3n) is 13.0. The highest BCUT2D eigenvalue weighted by molar-refractivity contribution is 8.14. The summed E-state index contributed by atoms with van der Waals surface area (Å²) in [6, 6.07) is 0. The molecule has 6 atom stereocenters. The van der Waals surface area contributed by atoms with Crippen molar-refractivity contribution in [3.63, 3.8) is 0 Å². The van der Waals surface area contributed by atoms with E-state index in [1.807, 2.05) is 124 Å². The van der Waals surface area contributed by atoms with E-state index in [0.29, 0.717) is 50.7 Å². The summed E-state index contributed by atoms with van der Waals surface area (Å²) in [6.07, 6.45) is 54.7. The van der Waals surface area contributed by atoms with Crippen molar-refractivity contribution >= 4 is 33.8 Å². The van der Waals surface area contributed by atoms with Gasteiger partial charge in [0.2, 0.25) is 0 Å². The minimum absolute atomic E-state index is 0.00542. The Hall–Kier alpha value is -3.52. The molecule has 0 aromatic heterocycles. The fraction of sp³-hybridized carbons (Fsp3) is 0.600. The SMILES string of the molecule is C/C=C\C/C=C\C/C=C\CC(C)C(O)CN(CCSC(=O)C(C)(C)CC(C)(C)C(=O)SCCN(CC(O)C(C)/C=C\C/C=C\C/C=C\C)CC(O)C(C)(C)/C=C\C/C=C\C/C=C\C)CC(O)N/C=C\C/C=C\C/C=C\C. The summed E-state index contributed by atoms with van der Waals surface area (Å²) < 4.78 is 0. The van der Waals surface area contributed by atoms with Crippen LogP contribution >= 0.6 is 23.5 Å². The van der Waals surface area contributed by atoms with Gasteiger partial charge in [-0.25, -0.2) is 0 Å². The van der Waals surface area contributed by atoms with E-state index in [9.17, 15) is 30.0 Å². The van der Waals surface area contributed by atoms with Crippen molar-refractivity contribution in [1.29, 1.82) is 0 Å². The maximum Gasteiger partial charge on any atom is 0.194 e. The van der Waals surface area contributed by atoms with Crippen LogP contribution in [0, 0.1) is 28.1 Å². The van der Waals surface area contributed by atoms with Gasteiger partial charge in [0.05, 0.1) is 18.3 Å². The van der Waals surface area contributed by atoms with Crippen LogP contribution in [0.15, 0.2) is 146 Å². The van der Waals surface area contributed by atoms with Crippen LogP contribution in [0.1, 0.15) is 147 Å². The van der Waals surface area contributed by atoms with Gasteiger partial charge in [-0.05, 0) is 104 Å². The van der Waals surface area contributed by atoms with E-state index in [1.165, 1.54) is 23.5 Å². The van der Waals surface area contributed by atoms with E-state index in [4.69, 9.17) is 0 Å². The molecule has 0 amide bonds. The zero-order valence-corrected chi connectivity index (χ0v) is 51.0. The van der Waals surface area contributed by atoms with Crippen molar-refractivity contribution in [2.24, 2.45) is 28.1 Å². The molecule has 0 bridgehead atoms. The summed E-state index contributed by atoms with van der Waals surface area (Å²) in [5, 5.41) is 48.4. The number of carbonyl (C=O) groups excluding carboxylic acids is 2. The lowest BCUT2D eigenvalue weighted by Gasteiger charge is -2.35. The summed E-state index contributed by atoms with van der Waals surface area (Å²) in [6.45, 7) is 26.0. The van der Waals surface area contributed by atoms with Gasteiger partial charge in [0.1, 0.15) is 6.23 Å². The molecule has 0 aromatic rings. The fourth-order valence-corrected chi connectivity index (χ4v) is 10.00. The first-order valence-electron chi connectivity index (χ1n) is 28.1. The Bertz CT molecular complexity index is 1900. The first-order valence-corrected chi connectivity index (χ1v) is 30.1. The quantitative estimate of drug-likeness (QED) is 0.0295. The van der Waals surface area contributed by atoms with E-state index in [0.717, 1.165) is 57.8 Å². The normalized spacial score (nSPS) is 16.3. The number of aliphatic hydroxyl groups is 4. The average Bonchev–Trinajstić information content (AvgIpc) is 3.36. The van der Waals surface area contributed by atoms with Crippen molar-refractivity contribution < 1.29 is 30.0 Å². The number of allylic oxidation sites excluding steroid dienone is 21. The maximum atomic E-state index is 14.0. The van der Waals surface area contributed by atoms with Gasteiger partial charge in [-0.1, -0.05) is 219 Å². The van der Waals surface area contributed by atoms with Crippen LogP contribution in [-0.2, 0) is 9.59 Å². The zero-order valence-electron chi connectivity index (χ0n) is 49.4. The van der Waals surface area contributed by atoms with Crippen molar-refractivity contribution in [2.75, 3.05) is 50.8 Å². The van der Waals surface area contributed by atoms with E-state index in [2.05, 4.69) is 114 Å². The van der Waals surface area contributed by atoms with Gasteiger partial charge in [-0.15, -0.1) is 0 Å². The second-order valence-electron chi connectivity index (χ2n) is 21.7. The van der Waals surface area contributed by atoms with E-state index < -0.39 is 40.8 Å². The first kappa shape index (κ1) is 72.5. The largest absolute Gasteiger partial charge is 0.392 e. The summed E-state index contributed by atoms with van der Waals surface area (Å²) in [4.78, 5) is 32.1. The zero-order chi connectivity index (χ0) is 57.1. The number of carbonyl (C=O) groups is 2. The smallest absolute Gasteiger partial charge is 0.194 e. The number of rotatable bonds is 43. The number of thioether (sulfide) groups is 2. The van der Waals surface area contributed by atoms with Gasteiger partial charge < -0.3 is 25.7 Å². The van der Waals surface area contributed by atoms with Gasteiger partial charge in [0.25, 0.3) is 0 Å². The van der Waals surface area contributed by atoms with Gasteiger partial charge in [-0.2, -0.15) is 0 Å². The molecule has 9 nitrogen and oxygen atoms in total. The van der Waals surface area contributed by atoms with Gasteiger partial charge in [0, 0.05) is 72.9 Å². The van der Waals surface area contributed by atoms with Crippen molar-refractivity contribution in [3.05, 3.63) is 146 Å². The number of nitrogens with one attached hydrogen (secondary N) is 1. The Morgan fingerprint density at radius 3 is 1.37 bits per heavy atom. The molecule has 0 radical (unpaired) electrons. The Labute approximate surface area is 473 Å². The molecule has 430 valence electrons. The molecule has 0 rings (SSSR count). The molecule has 0 fully saturated rings. The lowest BCUT2D eigenvalue weighted by atomic mass is 9.76. The minimum atomic E-state index is -0.875. The molecule has 0 aliphatic carbocycles. The predicted octanol–water partition coefficient (Wildman–Crippen LogP) is 14.1. The average molecular weight is 1090 g/mol. The van der Waals surface area contributed by atoms with E-state index >= 15 is 0 Å². The Balaban J connectivity index is 5.89. The second kappa shape index (κ2) is 44.3. The predicted molar refractivity (Wildman–Crippen MR) is 333 cm³/mol. The Morgan fingerprint density at radius 1 is 0.500 bits per heavy atom. The summed E-state index contributed by atoms with van der Waals surface area (Å²) in [5.74, 6) is 0.808. The van der Waals surface area contributed by atoms with Gasteiger partial charge in [0.15, 0.2) is 10.2 Å². The molecular weight excluding hydrogens is 983 g/mol. The summed E-state index contributed by atoms with van der Waals surface area (Å²) in [7, 11) is 0. The molecule has 0 aromatic carbocycles. The molecule has 5 N–H and O–H groups in total. The van der Waals surface area contributed by atoms with Crippen LogP contribution < -0.4 is 5.32 Å². The molecular formula is C65H107N3O6S2. The first-order chi connectivity index (χ1) is 36.2. The molecule has 76 heavy (non-hydrogen) atoms. The van der Waals surface area contributed by atoms with Crippen LogP contribution in [0.3, 0.4) is 0 Å². The standard InChI is InChI=1S/C65H107N3O6S2/c1-13-17-21-25-29-31-35-39-43-56(6)58(70)51-68(53-60(72)66-45-41-37-33-28-24-20-16-4)47-49-76-62(74)65(11,12)54-64(9,10)61(73)75-48-46-67(50-57(69)55(5)42-38-34-30-26-22-18-14-2)52-59(71)63(7,8)44-40-36-32-27-23-19-15-3/h13-20,25-30,32-33,35,38-42,44-45,55-60,66,69-72H,21-24,31,34,36-37,43,46-54H2,1-12H3/b17-13-,18-14-,19-15-,20-16-,29-25-,30-26-,32-27-,33-28-,39-35-,42-38-,44-40-,45-41-. The highest BCUT2D eigenvalue weighted by atomic mass is 32.2. The van der Waals surface area contributed by atoms with Crippen LogP contribution in [0.5, 0.6) is 0 Å². The molecule has 0 spiro atoms. The molecule has 0 saturated heterocycles. The molecule has 0 saturated carbocycles. The second-order valence-corrected chi connectivity index (χ2v) is 23.8. The van der Waals surface area contributed by atoms with E-state index in [1.54, 1.807) is 6.20 Å². The lowest BCUT2D eigenvalue weighted by molar-refractivity contribution is -0.123. The number of nitrogens with zero attached hydrogens (tertiary/aromatic N) is 2. The van der Waals surface area contributed by atoms with Gasteiger partial charge >= 0.3 is 0 Å². The van der Waals surface area contributed by atoms with Crippen LogP contribution in [0.25, 0.3) is 0 Å². The third-order valence-corrected chi connectivity index (χ3v) is 15.4. The number of hydrogen-bond donors (Lipinski definition) is 5. The highest BCUT2D eigenvalue weighted by Gasteiger charge is 2.39. The maximum absolute atomic E-state index is 14.0. The van der Waals surface area contributed by atoms with Crippen molar-refractivity contribution in [3.8, 4) is 0 Å². The third kappa shape index (κ3) is 37.3. The van der Waals surface area contributed by atoms with Crippen LogP contribution in [0.4, 0.5) is 0 Å². The number of aliphatic hydroxyl groups excluding tert-OH is 4. The number of hydrogen-bond acceptors (Lipinski definition) is 11. The highest BCUT2D eigenvalue weighted by Crippen LogP contribution is 2.40. The minimum Gasteiger partial charge on any atom is -0.392 e. The van der Waals surface area contributed by atoms with Crippen LogP contribution in [0.2, 0.25) is 0 Å². The molecule has 0 aliphatic rings. The Morgan fingerprint density at radius 2 is 0.895 bits per heavy atom. The summed E-state index contributed by atoms with van der Waals surface area (Å²) in [5.41, 5.74) is -2.14. The molecule has 6 unspecified atom stereocenters. The van der Waals surface area contributed by atoms with Crippen molar-refractivity contribution in [1.82, 2.24) is 15.1 Å². The van der Waals surface area contributed by atoms with Gasteiger partial charge in [-0.3, -0.25) is 19.4 Å². The molecule has 0 heterocycles. The monoisotopic (exact) mass is 1090 g/mol. The fourth-order valence-electron chi connectivity index (χ4n) is 8.00. The summed E-state index contributed by atoms with van der Waals surface area (Å²) >= 11 is 2.48. The molecule has 0 aliphatic heterocycles. The van der Waals surface area contributed by atoms with E-state index in [-0.39, 0.29) is 28.6 Å². The lowest BCUT2D eigenvalue weighted by Crippen LogP contribution is -2.45. The topological polar surface area (TPSA) is 134 Å². The molecule has 11 heteroatoms.